The molecule has 0 atom stereocenters. The fraction of sp³-hybridized carbons (Fsp3) is 0.0833. The van der Waals surface area contributed by atoms with E-state index < -0.39 is 26.2 Å². The van der Waals surface area contributed by atoms with E-state index in [4.69, 9.17) is 8.92 Å². The average Bonchev–Trinajstić information content (AvgIpc) is 3.13. The number of hydrogen-bond donors (Lipinski definition) is 0. The number of carbonyl (C=O) groups excluding carboxylic acids is 2. The first kappa shape index (κ1) is 26.4. The number of carbonyl (C=O) groups is 2. The molecule has 2 amide bonds. The molecule has 3 aromatic rings. The zero-order chi connectivity index (χ0) is 26.6. The maximum Gasteiger partial charge on any atom is 0.339 e. The van der Waals surface area contributed by atoms with Crippen molar-refractivity contribution in [1.29, 1.82) is 0 Å². The van der Waals surface area contributed by atoms with E-state index in [-0.39, 0.29) is 38.9 Å². The van der Waals surface area contributed by atoms with E-state index in [0.29, 0.717) is 11.3 Å². The van der Waals surface area contributed by atoms with Crippen LogP contribution in [-0.4, -0.2) is 42.5 Å². The van der Waals surface area contributed by atoms with Crippen molar-refractivity contribution < 1.29 is 31.9 Å². The molecule has 4 rings (SSSR count). The molecule has 0 aliphatic carbocycles. The highest BCUT2D eigenvalue weighted by atomic mass is 79.9. The van der Waals surface area contributed by atoms with Crippen LogP contribution in [0.15, 0.2) is 87.1 Å². The summed E-state index contributed by atoms with van der Waals surface area (Å²) in [5, 5.41) is 10.4. The number of nitro benzene ring substituents is 1. The highest BCUT2D eigenvalue weighted by Gasteiger charge is 2.34. The van der Waals surface area contributed by atoms with Crippen molar-refractivity contribution in [2.24, 2.45) is 0 Å². The standard InChI is InChI=1S/C24H17BrN2O8S2/c25-20-14-16(6-11-21(20)35-37(32,33)19-9-7-17(8-10-19)27(30)31)15-22-23(28)26(24(29)36-22)12-13-34-18-4-2-1-3-5-18/h1-11,14-15H,12-13H2/b22-15-. The third-order valence-electron chi connectivity index (χ3n) is 4.99. The second-order valence-corrected chi connectivity index (χ2v) is 10.9. The Morgan fingerprint density at radius 3 is 2.38 bits per heavy atom. The zero-order valence-corrected chi connectivity index (χ0v) is 22.0. The second kappa shape index (κ2) is 11.2. The van der Waals surface area contributed by atoms with E-state index >= 15 is 0 Å². The van der Waals surface area contributed by atoms with Gasteiger partial charge < -0.3 is 8.92 Å². The lowest BCUT2D eigenvalue weighted by molar-refractivity contribution is -0.384. The maximum absolute atomic E-state index is 12.7. The molecule has 0 spiro atoms. The van der Waals surface area contributed by atoms with Crippen LogP contribution in [0.3, 0.4) is 0 Å². The summed E-state index contributed by atoms with van der Waals surface area (Å²) in [6.45, 7) is 0.240. The lowest BCUT2D eigenvalue weighted by Crippen LogP contribution is -2.32. The van der Waals surface area contributed by atoms with E-state index in [1.54, 1.807) is 12.1 Å². The van der Waals surface area contributed by atoms with E-state index in [2.05, 4.69) is 15.9 Å². The molecule has 0 unspecified atom stereocenters. The Labute approximate surface area is 224 Å². The Hall–Kier alpha value is -3.68. The van der Waals surface area contributed by atoms with Crippen LogP contribution in [0.2, 0.25) is 0 Å². The minimum atomic E-state index is -4.26. The highest BCUT2D eigenvalue weighted by Crippen LogP contribution is 2.34. The summed E-state index contributed by atoms with van der Waals surface area (Å²) in [6.07, 6.45) is 1.52. The minimum absolute atomic E-state index is 0.0262. The fourth-order valence-electron chi connectivity index (χ4n) is 3.19. The first-order chi connectivity index (χ1) is 17.6. The topological polar surface area (TPSA) is 133 Å². The van der Waals surface area contributed by atoms with Crippen LogP contribution in [0, 0.1) is 10.1 Å². The molecular formula is C24H17BrN2O8S2. The number of para-hydroxylation sites is 1. The monoisotopic (exact) mass is 604 g/mol. The van der Waals surface area contributed by atoms with Gasteiger partial charge >= 0.3 is 10.1 Å². The largest absolute Gasteiger partial charge is 0.492 e. The highest BCUT2D eigenvalue weighted by molar-refractivity contribution is 9.10. The Bertz CT molecular complexity index is 1490. The first-order valence-electron chi connectivity index (χ1n) is 10.6. The Kier molecular flexibility index (Phi) is 7.95. The molecule has 0 saturated carbocycles. The van der Waals surface area contributed by atoms with Crippen LogP contribution in [-0.2, 0) is 14.9 Å². The summed E-state index contributed by atoms with van der Waals surface area (Å²) < 4.78 is 36.1. The lowest BCUT2D eigenvalue weighted by Gasteiger charge is -2.13. The van der Waals surface area contributed by atoms with Crippen molar-refractivity contribution >= 4 is 60.7 Å². The molecule has 3 aromatic carbocycles. The van der Waals surface area contributed by atoms with Crippen LogP contribution < -0.4 is 8.92 Å². The van der Waals surface area contributed by atoms with E-state index in [9.17, 15) is 28.1 Å². The van der Waals surface area contributed by atoms with Crippen LogP contribution in [0.25, 0.3) is 6.08 Å². The molecule has 1 aliphatic heterocycles. The number of amides is 2. The zero-order valence-electron chi connectivity index (χ0n) is 18.8. The van der Waals surface area contributed by atoms with Crippen LogP contribution in [0.5, 0.6) is 11.5 Å². The summed E-state index contributed by atoms with van der Waals surface area (Å²) in [5.41, 5.74) is 0.274. The number of imide groups is 1. The van der Waals surface area contributed by atoms with E-state index in [1.807, 2.05) is 18.2 Å². The van der Waals surface area contributed by atoms with Crippen molar-refractivity contribution in [3.05, 3.63) is 97.9 Å². The van der Waals surface area contributed by atoms with Gasteiger partial charge in [-0.3, -0.25) is 24.6 Å². The normalized spacial score (nSPS) is 14.7. The van der Waals surface area contributed by atoms with Crippen LogP contribution >= 0.6 is 27.7 Å². The molecule has 13 heteroatoms. The van der Waals surface area contributed by atoms with Gasteiger partial charge in [0.15, 0.2) is 5.75 Å². The summed E-state index contributed by atoms with van der Waals surface area (Å²) in [4.78, 5) is 36.3. The van der Waals surface area contributed by atoms with Gasteiger partial charge in [0.2, 0.25) is 0 Å². The molecule has 190 valence electrons. The smallest absolute Gasteiger partial charge is 0.339 e. The molecule has 1 aliphatic rings. The van der Waals surface area contributed by atoms with E-state index in [1.165, 1.54) is 24.3 Å². The van der Waals surface area contributed by atoms with Gasteiger partial charge in [0.1, 0.15) is 17.3 Å². The number of ether oxygens (including phenoxy) is 1. The van der Waals surface area contributed by atoms with Gasteiger partial charge in [0.05, 0.1) is 20.8 Å². The Balaban J connectivity index is 1.43. The Morgan fingerprint density at radius 1 is 1.03 bits per heavy atom. The van der Waals surface area contributed by atoms with Crippen molar-refractivity contribution in [3.63, 3.8) is 0 Å². The van der Waals surface area contributed by atoms with Gasteiger partial charge in [-0.15, -0.1) is 0 Å². The molecule has 0 aromatic heterocycles. The number of nitrogens with zero attached hydrogens (tertiary/aromatic N) is 2. The number of rotatable bonds is 9. The number of benzene rings is 3. The van der Waals surface area contributed by atoms with Gasteiger partial charge in [-0.05, 0) is 75.7 Å². The Morgan fingerprint density at radius 2 is 1.73 bits per heavy atom. The van der Waals surface area contributed by atoms with Crippen LogP contribution in [0.1, 0.15) is 5.56 Å². The third-order valence-corrected chi connectivity index (χ3v) is 7.77. The number of halogens is 1. The lowest BCUT2D eigenvalue weighted by atomic mass is 10.2. The minimum Gasteiger partial charge on any atom is -0.492 e. The molecule has 0 radical (unpaired) electrons. The van der Waals surface area contributed by atoms with Gasteiger partial charge in [-0.2, -0.15) is 8.42 Å². The summed E-state index contributed by atoms with van der Waals surface area (Å²) in [6, 6.07) is 17.8. The number of nitro groups is 1. The number of non-ortho nitro benzene ring substituents is 1. The van der Waals surface area contributed by atoms with E-state index in [0.717, 1.165) is 40.9 Å². The van der Waals surface area contributed by atoms with Crippen molar-refractivity contribution in [1.82, 2.24) is 4.90 Å². The van der Waals surface area contributed by atoms with Gasteiger partial charge in [-0.25, -0.2) is 0 Å². The molecule has 1 heterocycles. The molecule has 37 heavy (non-hydrogen) atoms. The molecule has 10 nitrogen and oxygen atoms in total. The second-order valence-electron chi connectivity index (χ2n) is 7.47. The summed E-state index contributed by atoms with van der Waals surface area (Å²) in [7, 11) is -4.26. The molecule has 0 bridgehead atoms. The van der Waals surface area contributed by atoms with Gasteiger partial charge in [0, 0.05) is 12.1 Å². The fourth-order valence-corrected chi connectivity index (χ4v) is 5.59. The molecular weight excluding hydrogens is 588 g/mol. The summed E-state index contributed by atoms with van der Waals surface area (Å²) in [5.74, 6) is 0.151. The van der Waals surface area contributed by atoms with Gasteiger partial charge in [-0.1, -0.05) is 24.3 Å². The summed E-state index contributed by atoms with van der Waals surface area (Å²) >= 11 is 4.05. The van der Waals surface area contributed by atoms with Crippen molar-refractivity contribution in [3.8, 4) is 11.5 Å². The average molecular weight is 605 g/mol. The van der Waals surface area contributed by atoms with Crippen LogP contribution in [0.4, 0.5) is 10.5 Å². The maximum atomic E-state index is 12.7. The number of hydrogen-bond acceptors (Lipinski definition) is 9. The third kappa shape index (κ3) is 6.37. The van der Waals surface area contributed by atoms with Crippen molar-refractivity contribution in [2.75, 3.05) is 13.2 Å². The SMILES string of the molecule is O=C1S/C(=C\c2ccc(OS(=O)(=O)c3ccc([N+](=O)[O-])cc3)c(Br)c2)C(=O)N1CCOc1ccccc1. The molecule has 1 saturated heterocycles. The predicted molar refractivity (Wildman–Crippen MR) is 140 cm³/mol. The molecule has 1 fully saturated rings. The quantitative estimate of drug-likeness (QED) is 0.139. The first-order valence-corrected chi connectivity index (χ1v) is 13.6. The van der Waals surface area contributed by atoms with Crippen molar-refractivity contribution in [2.45, 2.75) is 4.90 Å². The molecule has 0 N–H and O–H groups in total. The number of thioether (sulfide) groups is 1. The predicted octanol–water partition coefficient (Wildman–Crippen LogP) is 5.24. The van der Waals surface area contributed by atoms with Gasteiger partial charge in [0.25, 0.3) is 16.8 Å².